The monoisotopic (exact) mass is 854 g/mol. The maximum Gasteiger partial charge on any atom is 0.252 e. The van der Waals surface area contributed by atoms with Gasteiger partial charge >= 0.3 is 0 Å². The summed E-state index contributed by atoms with van der Waals surface area (Å²) >= 11 is 0. The van der Waals surface area contributed by atoms with Crippen molar-refractivity contribution in [2.24, 2.45) is 0 Å². The molecule has 0 aliphatic carbocycles. The van der Waals surface area contributed by atoms with E-state index in [1.54, 1.807) is 0 Å². The number of hydrogen-bond acceptors (Lipinski definition) is 2. The maximum absolute atomic E-state index is 2.54. The third-order valence-electron chi connectivity index (χ3n) is 14.4. The Bertz CT molecular complexity index is 3660. The van der Waals surface area contributed by atoms with Crippen LogP contribution in [0.25, 0.3) is 65.7 Å². The van der Waals surface area contributed by atoms with Crippen molar-refractivity contribution >= 4 is 89.5 Å². The van der Waals surface area contributed by atoms with E-state index in [-0.39, 0.29) is 12.1 Å². The zero-order valence-corrected chi connectivity index (χ0v) is 37.9. The summed E-state index contributed by atoms with van der Waals surface area (Å²) in [7, 11) is 0. The van der Waals surface area contributed by atoms with E-state index >= 15 is 0 Å². The van der Waals surface area contributed by atoms with Crippen LogP contribution in [0.3, 0.4) is 0 Å². The van der Waals surface area contributed by atoms with E-state index in [4.69, 9.17) is 0 Å². The molecule has 2 aliphatic heterocycles. The summed E-state index contributed by atoms with van der Waals surface area (Å²) in [6.45, 7) is 7.00. The van der Waals surface area contributed by atoms with Gasteiger partial charge in [-0.15, -0.1) is 0 Å². The summed E-state index contributed by atoms with van der Waals surface area (Å²) in [5.74, 6) is 0. The topological polar surface area (TPSA) is 6.48 Å². The Morgan fingerprint density at radius 3 is 1.42 bits per heavy atom. The first-order valence-corrected chi connectivity index (χ1v) is 23.5. The first kappa shape index (κ1) is 39.2. The second kappa shape index (κ2) is 15.2. The van der Waals surface area contributed by atoms with E-state index in [9.17, 15) is 0 Å². The van der Waals surface area contributed by atoms with Crippen molar-refractivity contribution in [1.82, 2.24) is 0 Å². The first-order chi connectivity index (χ1) is 32.9. The standard InChI is InChI=1S/C64H47BN2/c1-64(2,3)46-37-38-58-56(41-46)65-55-31-16-17-32-57(55)66(47-21-6-4-7-22-47)59-39-45(40-60(63(59)65)67(58)48-23-8-5-9-24-48)62-53-28-14-12-26-51(53)61(52-27-13-15-29-54(52)62)44-35-33-43(34-36-44)50-30-18-20-42-19-10-11-25-49(42)50/h4-41H,1-3H3. The van der Waals surface area contributed by atoms with Crippen LogP contribution in [0.4, 0.5) is 34.1 Å². The highest BCUT2D eigenvalue weighted by atomic mass is 15.2. The van der Waals surface area contributed by atoms with Gasteiger partial charge in [-0.1, -0.05) is 203 Å². The summed E-state index contributed by atoms with van der Waals surface area (Å²) in [4.78, 5) is 5.06. The minimum absolute atomic E-state index is 0.0169. The molecule has 11 aromatic carbocycles. The minimum Gasteiger partial charge on any atom is -0.311 e. The van der Waals surface area contributed by atoms with Crippen LogP contribution in [0.5, 0.6) is 0 Å². The summed E-state index contributed by atoms with van der Waals surface area (Å²) in [6.07, 6.45) is 0. The molecule has 3 heteroatoms. The molecule has 0 amide bonds. The molecule has 2 heterocycles. The molecular weight excluding hydrogens is 808 g/mol. The lowest BCUT2D eigenvalue weighted by Gasteiger charge is -2.45. The average Bonchev–Trinajstić information content (AvgIpc) is 3.37. The van der Waals surface area contributed by atoms with Crippen LogP contribution < -0.4 is 26.2 Å². The fourth-order valence-corrected chi connectivity index (χ4v) is 11.3. The van der Waals surface area contributed by atoms with Crippen LogP contribution >= 0.6 is 0 Å². The van der Waals surface area contributed by atoms with Gasteiger partial charge in [-0.05, 0) is 142 Å². The predicted molar refractivity (Wildman–Crippen MR) is 288 cm³/mol. The highest BCUT2D eigenvalue weighted by Gasteiger charge is 2.44. The van der Waals surface area contributed by atoms with Gasteiger partial charge in [0.1, 0.15) is 0 Å². The number of rotatable bonds is 5. The predicted octanol–water partition coefficient (Wildman–Crippen LogP) is 15.5. The van der Waals surface area contributed by atoms with Crippen molar-refractivity contribution in [2.75, 3.05) is 9.80 Å². The van der Waals surface area contributed by atoms with Gasteiger partial charge in [0.2, 0.25) is 0 Å². The zero-order valence-electron chi connectivity index (χ0n) is 37.9. The van der Waals surface area contributed by atoms with Gasteiger partial charge in [-0.2, -0.15) is 0 Å². The van der Waals surface area contributed by atoms with Crippen LogP contribution in [0.2, 0.25) is 0 Å². The molecule has 2 nitrogen and oxygen atoms in total. The third-order valence-corrected chi connectivity index (χ3v) is 14.4. The average molecular weight is 855 g/mol. The molecule has 13 rings (SSSR count). The Labute approximate surface area is 393 Å². The highest BCUT2D eigenvalue weighted by molar-refractivity contribution is 7.00. The zero-order chi connectivity index (χ0) is 44.8. The highest BCUT2D eigenvalue weighted by Crippen LogP contribution is 2.50. The molecule has 0 fully saturated rings. The lowest BCUT2D eigenvalue weighted by Crippen LogP contribution is -2.61. The Morgan fingerprint density at radius 2 is 0.821 bits per heavy atom. The second-order valence-corrected chi connectivity index (χ2v) is 19.2. The summed E-state index contributed by atoms with van der Waals surface area (Å²) < 4.78 is 0. The molecule has 0 saturated carbocycles. The van der Waals surface area contributed by atoms with Gasteiger partial charge in [0.25, 0.3) is 6.71 Å². The molecule has 0 saturated heterocycles. The van der Waals surface area contributed by atoms with E-state index in [0.29, 0.717) is 0 Å². The summed E-state index contributed by atoms with van der Waals surface area (Å²) in [5, 5.41) is 7.47. The molecule has 0 unspecified atom stereocenters. The van der Waals surface area contributed by atoms with Crippen molar-refractivity contribution in [2.45, 2.75) is 26.2 Å². The van der Waals surface area contributed by atoms with Gasteiger partial charge in [0, 0.05) is 34.1 Å². The van der Waals surface area contributed by atoms with Crippen LogP contribution in [-0.4, -0.2) is 6.71 Å². The largest absolute Gasteiger partial charge is 0.311 e. The number of para-hydroxylation sites is 3. The molecule has 0 spiro atoms. The molecule has 0 atom stereocenters. The SMILES string of the molecule is CC(C)(C)c1ccc2c(c1)B1c3ccccc3N(c3ccccc3)c3cc(-c4c5ccccc5c(-c5ccc(-c6cccc7ccccc67)cc5)c5ccccc45)cc(c31)N2c1ccccc1. The van der Waals surface area contributed by atoms with Gasteiger partial charge in [-0.3, -0.25) is 0 Å². The maximum atomic E-state index is 2.54. The van der Waals surface area contributed by atoms with Crippen molar-refractivity contribution in [3.05, 3.63) is 236 Å². The number of anilines is 6. The number of nitrogens with zero attached hydrogens (tertiary/aromatic N) is 2. The van der Waals surface area contributed by atoms with E-state index in [0.717, 1.165) is 11.4 Å². The van der Waals surface area contributed by atoms with Crippen molar-refractivity contribution in [1.29, 1.82) is 0 Å². The molecule has 0 aromatic heterocycles. The van der Waals surface area contributed by atoms with Crippen LogP contribution in [0, 0.1) is 0 Å². The molecule has 316 valence electrons. The quantitative estimate of drug-likeness (QED) is 0.126. The molecule has 0 N–H and O–H groups in total. The Hall–Kier alpha value is -8.14. The Kier molecular flexibility index (Phi) is 8.92. The third kappa shape index (κ3) is 6.19. The Balaban J connectivity index is 1.09. The van der Waals surface area contributed by atoms with Crippen molar-refractivity contribution < 1.29 is 0 Å². The summed E-state index contributed by atoms with van der Waals surface area (Å²) in [5.41, 5.74) is 19.8. The van der Waals surface area contributed by atoms with E-state index in [1.165, 1.54) is 110 Å². The molecule has 0 bridgehead atoms. The number of benzene rings is 11. The molecule has 11 aromatic rings. The summed E-state index contributed by atoms with van der Waals surface area (Å²) in [6, 6.07) is 85.9. The van der Waals surface area contributed by atoms with Crippen LogP contribution in [0.15, 0.2) is 231 Å². The van der Waals surface area contributed by atoms with Gasteiger partial charge in [0.15, 0.2) is 0 Å². The molecule has 0 radical (unpaired) electrons. The van der Waals surface area contributed by atoms with E-state index in [2.05, 4.69) is 261 Å². The lowest BCUT2D eigenvalue weighted by atomic mass is 9.33. The fourth-order valence-electron chi connectivity index (χ4n) is 11.3. The lowest BCUT2D eigenvalue weighted by molar-refractivity contribution is 0.591. The van der Waals surface area contributed by atoms with Gasteiger partial charge in [0.05, 0.1) is 0 Å². The molecular formula is C64H47BN2. The fraction of sp³-hybridized carbons (Fsp3) is 0.0625. The first-order valence-electron chi connectivity index (χ1n) is 23.5. The van der Waals surface area contributed by atoms with E-state index in [1.807, 2.05) is 0 Å². The van der Waals surface area contributed by atoms with Crippen LogP contribution in [-0.2, 0) is 5.41 Å². The molecule has 67 heavy (non-hydrogen) atoms. The van der Waals surface area contributed by atoms with Gasteiger partial charge in [-0.25, -0.2) is 0 Å². The van der Waals surface area contributed by atoms with Gasteiger partial charge < -0.3 is 9.80 Å². The number of fused-ring (bicyclic) bond motifs is 7. The number of hydrogen-bond donors (Lipinski definition) is 0. The van der Waals surface area contributed by atoms with Crippen LogP contribution in [0.1, 0.15) is 26.3 Å². The molecule has 2 aliphatic rings. The normalized spacial score (nSPS) is 12.9. The Morgan fingerprint density at radius 1 is 0.343 bits per heavy atom. The minimum atomic E-state index is -0.0169. The second-order valence-electron chi connectivity index (χ2n) is 19.2. The van der Waals surface area contributed by atoms with E-state index < -0.39 is 0 Å². The smallest absolute Gasteiger partial charge is 0.252 e. The van der Waals surface area contributed by atoms with Crippen molar-refractivity contribution in [3.8, 4) is 33.4 Å². The van der Waals surface area contributed by atoms with Crippen molar-refractivity contribution in [3.63, 3.8) is 0 Å².